The smallest absolute Gasteiger partial charge is 0.312 e. The summed E-state index contributed by atoms with van der Waals surface area (Å²) < 4.78 is 0. The molecule has 1 rings (SSSR count). The number of carbonyl (C=O) groups is 3. The summed E-state index contributed by atoms with van der Waals surface area (Å²) >= 11 is 0. The summed E-state index contributed by atoms with van der Waals surface area (Å²) in [5.41, 5.74) is 5.22. The number of carbonyl (C=O) groups excluding carboxylic acids is 3. The van der Waals surface area contributed by atoms with Crippen molar-refractivity contribution in [2.75, 3.05) is 39.8 Å². The first-order chi connectivity index (χ1) is 8.06. The summed E-state index contributed by atoms with van der Waals surface area (Å²) in [5.74, 6) is -1.52. The number of amides is 3. The second kappa shape index (κ2) is 6.19. The van der Waals surface area contributed by atoms with Crippen LogP contribution in [0.5, 0.6) is 0 Å². The highest BCUT2D eigenvalue weighted by molar-refractivity contribution is 6.35. The van der Waals surface area contributed by atoms with Crippen molar-refractivity contribution < 1.29 is 14.4 Å². The van der Waals surface area contributed by atoms with Crippen LogP contribution < -0.4 is 11.1 Å². The third kappa shape index (κ3) is 3.70. The van der Waals surface area contributed by atoms with Gasteiger partial charge in [-0.05, 0) is 6.42 Å². The van der Waals surface area contributed by atoms with E-state index in [2.05, 4.69) is 5.32 Å². The Morgan fingerprint density at radius 2 is 2.12 bits per heavy atom. The number of nitrogens with two attached hydrogens (primary N) is 1. The fourth-order valence-electron chi connectivity index (χ4n) is 1.56. The molecule has 7 heteroatoms. The topological polar surface area (TPSA) is 95.7 Å². The van der Waals surface area contributed by atoms with Crippen molar-refractivity contribution in [3.05, 3.63) is 0 Å². The van der Waals surface area contributed by atoms with Crippen LogP contribution in [-0.4, -0.2) is 67.3 Å². The maximum Gasteiger partial charge on any atom is 0.312 e. The lowest BCUT2D eigenvalue weighted by Crippen LogP contribution is -2.46. The Hall–Kier alpha value is -1.63. The van der Waals surface area contributed by atoms with E-state index in [0.717, 1.165) is 0 Å². The lowest BCUT2D eigenvalue weighted by atomic mass is 10.3. The molecule has 1 fully saturated rings. The summed E-state index contributed by atoms with van der Waals surface area (Å²) in [5, 5.41) is 2.40. The van der Waals surface area contributed by atoms with Crippen LogP contribution in [0, 0.1) is 0 Å². The Labute approximate surface area is 99.9 Å². The molecule has 0 spiro atoms. The minimum atomic E-state index is -0.701. The fourth-order valence-corrected chi connectivity index (χ4v) is 1.56. The quantitative estimate of drug-likeness (QED) is 0.535. The lowest BCUT2D eigenvalue weighted by Gasteiger charge is -2.18. The van der Waals surface area contributed by atoms with Gasteiger partial charge < -0.3 is 20.9 Å². The molecule has 0 atom stereocenters. The van der Waals surface area contributed by atoms with Gasteiger partial charge in [0, 0.05) is 33.2 Å². The zero-order valence-electron chi connectivity index (χ0n) is 9.94. The zero-order chi connectivity index (χ0) is 12.8. The summed E-state index contributed by atoms with van der Waals surface area (Å²) in [7, 11) is 1.69. The van der Waals surface area contributed by atoms with Gasteiger partial charge in [0.1, 0.15) is 6.54 Å². The molecule has 1 saturated heterocycles. The second-order valence-corrected chi connectivity index (χ2v) is 3.94. The molecule has 7 nitrogen and oxygen atoms in total. The van der Waals surface area contributed by atoms with Gasteiger partial charge in [0.15, 0.2) is 0 Å². The molecule has 1 aliphatic heterocycles. The molecule has 3 N–H and O–H groups in total. The van der Waals surface area contributed by atoms with Gasteiger partial charge in [-0.15, -0.1) is 0 Å². The first kappa shape index (κ1) is 13.4. The van der Waals surface area contributed by atoms with Crippen LogP contribution >= 0.6 is 0 Å². The highest BCUT2D eigenvalue weighted by Crippen LogP contribution is 2.02. The van der Waals surface area contributed by atoms with Gasteiger partial charge in [0.25, 0.3) is 0 Å². The number of rotatable bonds is 2. The van der Waals surface area contributed by atoms with E-state index in [9.17, 15) is 14.4 Å². The van der Waals surface area contributed by atoms with Crippen LogP contribution in [0.2, 0.25) is 0 Å². The molecule has 17 heavy (non-hydrogen) atoms. The number of likely N-dealkylation sites (N-methyl/N-ethyl adjacent to an activating group) is 1. The van der Waals surface area contributed by atoms with Gasteiger partial charge in [0.05, 0.1) is 0 Å². The SMILES string of the molecule is CN1CCCN(C(=O)C(=O)NCCN)CC1=O. The molecular formula is C10H18N4O3. The Kier molecular flexibility index (Phi) is 4.89. The van der Waals surface area contributed by atoms with Crippen molar-refractivity contribution in [3.63, 3.8) is 0 Å². The summed E-state index contributed by atoms with van der Waals surface area (Å²) in [6.07, 6.45) is 0.679. The van der Waals surface area contributed by atoms with Gasteiger partial charge >= 0.3 is 11.8 Å². The number of hydrogen-bond donors (Lipinski definition) is 2. The number of nitrogens with zero attached hydrogens (tertiary/aromatic N) is 2. The van der Waals surface area contributed by atoms with Crippen LogP contribution in [0.4, 0.5) is 0 Å². The predicted molar refractivity (Wildman–Crippen MR) is 60.9 cm³/mol. The first-order valence-electron chi connectivity index (χ1n) is 5.57. The molecule has 0 unspecified atom stereocenters. The predicted octanol–water partition coefficient (Wildman–Crippen LogP) is -2.25. The normalized spacial score (nSPS) is 16.7. The molecule has 1 aliphatic rings. The maximum atomic E-state index is 11.7. The number of hydrogen-bond acceptors (Lipinski definition) is 4. The van der Waals surface area contributed by atoms with Crippen molar-refractivity contribution in [1.29, 1.82) is 0 Å². The Morgan fingerprint density at radius 1 is 1.41 bits per heavy atom. The first-order valence-corrected chi connectivity index (χ1v) is 5.57. The Morgan fingerprint density at radius 3 is 2.76 bits per heavy atom. The molecule has 0 aromatic rings. The highest BCUT2D eigenvalue weighted by atomic mass is 16.2. The van der Waals surface area contributed by atoms with Crippen LogP contribution in [-0.2, 0) is 14.4 Å². The van der Waals surface area contributed by atoms with Crippen molar-refractivity contribution >= 4 is 17.7 Å². The summed E-state index contributed by atoms with van der Waals surface area (Å²) in [6, 6.07) is 0. The average Bonchev–Trinajstić information content (AvgIpc) is 2.48. The minimum Gasteiger partial charge on any atom is -0.347 e. The van der Waals surface area contributed by atoms with E-state index in [1.807, 2.05) is 0 Å². The molecule has 3 amide bonds. The largest absolute Gasteiger partial charge is 0.347 e. The molecule has 0 saturated carbocycles. The van der Waals surface area contributed by atoms with Crippen LogP contribution in [0.3, 0.4) is 0 Å². The molecule has 1 heterocycles. The molecule has 0 aromatic heterocycles. The molecule has 0 aliphatic carbocycles. The van der Waals surface area contributed by atoms with E-state index < -0.39 is 11.8 Å². The molecular weight excluding hydrogens is 224 g/mol. The fraction of sp³-hybridized carbons (Fsp3) is 0.700. The Balaban J connectivity index is 2.56. The van der Waals surface area contributed by atoms with E-state index in [0.29, 0.717) is 19.5 Å². The zero-order valence-corrected chi connectivity index (χ0v) is 9.94. The van der Waals surface area contributed by atoms with E-state index in [4.69, 9.17) is 5.73 Å². The average molecular weight is 242 g/mol. The minimum absolute atomic E-state index is 0.0363. The van der Waals surface area contributed by atoms with Gasteiger partial charge in [-0.25, -0.2) is 0 Å². The van der Waals surface area contributed by atoms with E-state index in [1.54, 1.807) is 11.9 Å². The standard InChI is InChI=1S/C10H18N4O3/c1-13-5-2-6-14(7-8(13)15)10(17)9(16)12-4-3-11/h2-7,11H2,1H3,(H,12,16). The van der Waals surface area contributed by atoms with Gasteiger partial charge in [-0.3, -0.25) is 14.4 Å². The summed E-state index contributed by atoms with van der Waals surface area (Å²) in [4.78, 5) is 37.5. The molecule has 0 aromatic carbocycles. The van der Waals surface area contributed by atoms with Crippen LogP contribution in [0.1, 0.15) is 6.42 Å². The summed E-state index contributed by atoms with van der Waals surface area (Å²) in [6.45, 7) is 1.52. The Bertz CT molecular complexity index is 319. The highest BCUT2D eigenvalue weighted by Gasteiger charge is 2.26. The van der Waals surface area contributed by atoms with Gasteiger partial charge in [-0.2, -0.15) is 0 Å². The van der Waals surface area contributed by atoms with Crippen LogP contribution in [0.15, 0.2) is 0 Å². The van der Waals surface area contributed by atoms with Crippen molar-refractivity contribution in [2.45, 2.75) is 6.42 Å². The lowest BCUT2D eigenvalue weighted by molar-refractivity contribution is -0.147. The monoisotopic (exact) mass is 242 g/mol. The van der Waals surface area contributed by atoms with Gasteiger partial charge in [0.2, 0.25) is 5.91 Å². The second-order valence-electron chi connectivity index (χ2n) is 3.94. The molecule has 96 valence electrons. The third-order valence-electron chi connectivity index (χ3n) is 2.58. The van der Waals surface area contributed by atoms with Crippen LogP contribution in [0.25, 0.3) is 0 Å². The molecule has 0 bridgehead atoms. The maximum absolute atomic E-state index is 11.7. The van der Waals surface area contributed by atoms with E-state index in [1.165, 1.54) is 4.90 Å². The van der Waals surface area contributed by atoms with Crippen molar-refractivity contribution in [2.24, 2.45) is 5.73 Å². The van der Waals surface area contributed by atoms with Crippen molar-refractivity contribution in [1.82, 2.24) is 15.1 Å². The third-order valence-corrected chi connectivity index (χ3v) is 2.58. The number of nitrogens with one attached hydrogen (secondary N) is 1. The molecule has 0 radical (unpaired) electrons. The van der Waals surface area contributed by atoms with E-state index >= 15 is 0 Å². The van der Waals surface area contributed by atoms with E-state index in [-0.39, 0.29) is 25.5 Å². The van der Waals surface area contributed by atoms with Crippen molar-refractivity contribution in [3.8, 4) is 0 Å². The van der Waals surface area contributed by atoms with Gasteiger partial charge in [-0.1, -0.05) is 0 Å².